The Balaban J connectivity index is 1.13. The second-order valence-electron chi connectivity index (χ2n) is 13.7. The third-order valence-electron chi connectivity index (χ3n) is 10.4. The number of anilines is 3. The summed E-state index contributed by atoms with van der Waals surface area (Å²) in [4.78, 5) is 2.40. The number of benzene rings is 9. The molecule has 0 aliphatic carbocycles. The Morgan fingerprint density at radius 2 is 0.815 bits per heavy atom. The molecule has 0 unspecified atom stereocenters. The van der Waals surface area contributed by atoms with Crippen molar-refractivity contribution in [2.45, 2.75) is 0 Å². The maximum atomic E-state index is 6.36. The third-order valence-corrected chi connectivity index (χ3v) is 10.4. The highest BCUT2D eigenvalue weighted by Gasteiger charge is 2.20. The van der Waals surface area contributed by atoms with Crippen LogP contribution in [0.5, 0.6) is 0 Å². The molecule has 0 atom stereocenters. The van der Waals surface area contributed by atoms with Gasteiger partial charge < -0.3 is 9.32 Å². The number of hydrogen-bond donors (Lipinski definition) is 0. The van der Waals surface area contributed by atoms with Crippen molar-refractivity contribution in [3.05, 3.63) is 212 Å². The number of rotatable bonds is 7. The van der Waals surface area contributed by atoms with Crippen molar-refractivity contribution >= 4 is 49.8 Å². The number of para-hydroxylation sites is 2. The van der Waals surface area contributed by atoms with E-state index in [2.05, 4.69) is 205 Å². The molecule has 9 aromatic carbocycles. The first kappa shape index (κ1) is 31.6. The highest BCUT2D eigenvalue weighted by atomic mass is 16.3. The first-order valence-electron chi connectivity index (χ1n) is 18.4. The Hall–Kier alpha value is -7.16. The molecule has 10 aromatic rings. The lowest BCUT2D eigenvalue weighted by Crippen LogP contribution is -2.11. The molecule has 10 rings (SSSR count). The molecule has 0 aliphatic heterocycles. The zero-order valence-electron chi connectivity index (χ0n) is 29.6. The fourth-order valence-electron chi connectivity index (χ4n) is 7.81. The predicted molar refractivity (Wildman–Crippen MR) is 228 cm³/mol. The van der Waals surface area contributed by atoms with Crippen LogP contribution in [0.4, 0.5) is 17.1 Å². The lowest BCUT2D eigenvalue weighted by atomic mass is 9.93. The molecule has 0 aliphatic rings. The van der Waals surface area contributed by atoms with Gasteiger partial charge >= 0.3 is 0 Å². The van der Waals surface area contributed by atoms with Crippen molar-refractivity contribution in [3.63, 3.8) is 0 Å². The van der Waals surface area contributed by atoms with Crippen molar-refractivity contribution < 1.29 is 4.42 Å². The molecule has 0 saturated carbocycles. The van der Waals surface area contributed by atoms with Gasteiger partial charge in [-0.25, -0.2) is 0 Å². The molecule has 2 nitrogen and oxygen atoms in total. The molecule has 54 heavy (non-hydrogen) atoms. The molecular formula is C52H35NO. The largest absolute Gasteiger partial charge is 0.456 e. The van der Waals surface area contributed by atoms with Crippen LogP contribution in [0.2, 0.25) is 0 Å². The Labute approximate surface area is 314 Å². The Kier molecular flexibility index (Phi) is 7.85. The van der Waals surface area contributed by atoms with E-state index in [9.17, 15) is 0 Å². The van der Waals surface area contributed by atoms with Gasteiger partial charge in [0.2, 0.25) is 0 Å². The molecule has 1 aromatic heterocycles. The van der Waals surface area contributed by atoms with E-state index in [0.29, 0.717) is 0 Å². The Morgan fingerprint density at radius 3 is 1.54 bits per heavy atom. The Morgan fingerprint density at radius 1 is 0.296 bits per heavy atom. The fourth-order valence-corrected chi connectivity index (χ4v) is 7.81. The smallest absolute Gasteiger partial charge is 0.136 e. The average molecular weight is 690 g/mol. The van der Waals surface area contributed by atoms with Crippen molar-refractivity contribution in [2.24, 2.45) is 0 Å². The minimum absolute atomic E-state index is 0.886. The standard InChI is InChI=1S/C52H35NO/c1-3-14-36(15-4-1)41-32-42(37-16-5-2-6-17-37)34-43(33-41)38-26-29-44(30-27-38)53(50-24-13-19-39-18-7-8-20-45(39)50)49-23-11-9-21-46(49)40-28-31-48-47-22-10-12-25-51(47)54-52(48)35-40/h1-35H. The summed E-state index contributed by atoms with van der Waals surface area (Å²) in [5, 5.41) is 4.65. The zero-order valence-corrected chi connectivity index (χ0v) is 29.6. The van der Waals surface area contributed by atoms with Crippen molar-refractivity contribution in [2.75, 3.05) is 4.90 Å². The summed E-state index contributed by atoms with van der Waals surface area (Å²) in [5.41, 5.74) is 14.4. The highest BCUT2D eigenvalue weighted by molar-refractivity contribution is 6.07. The zero-order chi connectivity index (χ0) is 35.8. The van der Waals surface area contributed by atoms with Gasteiger partial charge in [0.05, 0.1) is 11.4 Å². The van der Waals surface area contributed by atoms with Crippen LogP contribution < -0.4 is 4.90 Å². The van der Waals surface area contributed by atoms with E-state index in [4.69, 9.17) is 4.42 Å². The number of furan rings is 1. The number of hydrogen-bond acceptors (Lipinski definition) is 2. The van der Waals surface area contributed by atoms with Crippen LogP contribution in [0.1, 0.15) is 0 Å². The SMILES string of the molecule is c1ccc(-c2cc(-c3ccccc3)cc(-c3ccc(N(c4ccccc4-c4ccc5c(c4)oc4ccccc45)c4cccc5ccccc45)cc3)c2)cc1. The van der Waals surface area contributed by atoms with Crippen LogP contribution in [-0.4, -0.2) is 0 Å². The molecule has 1 heterocycles. The van der Waals surface area contributed by atoms with Crippen molar-refractivity contribution in [1.82, 2.24) is 0 Å². The first-order valence-corrected chi connectivity index (χ1v) is 18.4. The van der Waals surface area contributed by atoms with E-state index in [1.165, 1.54) is 38.6 Å². The van der Waals surface area contributed by atoms with E-state index in [-0.39, 0.29) is 0 Å². The van der Waals surface area contributed by atoms with E-state index in [1.54, 1.807) is 0 Å². The summed E-state index contributed by atoms with van der Waals surface area (Å²) >= 11 is 0. The van der Waals surface area contributed by atoms with Crippen LogP contribution in [0.25, 0.3) is 77.2 Å². The summed E-state index contributed by atoms with van der Waals surface area (Å²) in [6.45, 7) is 0. The quantitative estimate of drug-likeness (QED) is 0.166. The molecule has 254 valence electrons. The van der Waals surface area contributed by atoms with Gasteiger partial charge in [-0.15, -0.1) is 0 Å². The maximum absolute atomic E-state index is 6.36. The highest BCUT2D eigenvalue weighted by Crippen LogP contribution is 2.45. The topological polar surface area (TPSA) is 16.4 Å². The summed E-state index contributed by atoms with van der Waals surface area (Å²) < 4.78 is 6.36. The van der Waals surface area contributed by atoms with Crippen LogP contribution in [0.15, 0.2) is 217 Å². The second-order valence-corrected chi connectivity index (χ2v) is 13.7. The van der Waals surface area contributed by atoms with Gasteiger partial charge in [0.15, 0.2) is 0 Å². The minimum Gasteiger partial charge on any atom is -0.456 e. The Bertz CT molecular complexity index is 2860. The maximum Gasteiger partial charge on any atom is 0.136 e. The van der Waals surface area contributed by atoms with Gasteiger partial charge in [0, 0.05) is 27.4 Å². The van der Waals surface area contributed by atoms with Crippen LogP contribution in [0, 0.1) is 0 Å². The lowest BCUT2D eigenvalue weighted by Gasteiger charge is -2.29. The van der Waals surface area contributed by atoms with E-state index in [0.717, 1.165) is 55.7 Å². The van der Waals surface area contributed by atoms with Gasteiger partial charge in [-0.3, -0.25) is 0 Å². The lowest BCUT2D eigenvalue weighted by molar-refractivity contribution is 0.669. The molecule has 0 bridgehead atoms. The van der Waals surface area contributed by atoms with Gasteiger partial charge in [-0.2, -0.15) is 0 Å². The van der Waals surface area contributed by atoms with Gasteiger partial charge in [-0.1, -0.05) is 152 Å². The fraction of sp³-hybridized carbons (Fsp3) is 0. The van der Waals surface area contributed by atoms with Crippen LogP contribution in [0.3, 0.4) is 0 Å². The predicted octanol–water partition coefficient (Wildman–Crippen LogP) is 14.9. The monoisotopic (exact) mass is 689 g/mol. The molecule has 0 N–H and O–H groups in total. The normalized spacial score (nSPS) is 11.3. The van der Waals surface area contributed by atoms with Gasteiger partial charge in [0.25, 0.3) is 0 Å². The molecule has 2 heteroatoms. The average Bonchev–Trinajstić information content (AvgIpc) is 3.63. The van der Waals surface area contributed by atoms with Crippen molar-refractivity contribution in [1.29, 1.82) is 0 Å². The van der Waals surface area contributed by atoms with Gasteiger partial charge in [0.1, 0.15) is 11.2 Å². The first-order chi connectivity index (χ1) is 26.8. The van der Waals surface area contributed by atoms with E-state index >= 15 is 0 Å². The van der Waals surface area contributed by atoms with Gasteiger partial charge in [-0.05, 0) is 105 Å². The second kappa shape index (κ2) is 13.4. The number of fused-ring (bicyclic) bond motifs is 4. The van der Waals surface area contributed by atoms with Crippen LogP contribution >= 0.6 is 0 Å². The van der Waals surface area contributed by atoms with Crippen LogP contribution in [-0.2, 0) is 0 Å². The summed E-state index contributed by atoms with van der Waals surface area (Å²) in [6.07, 6.45) is 0. The molecule has 0 fully saturated rings. The minimum atomic E-state index is 0.886. The number of nitrogens with zero attached hydrogens (tertiary/aromatic N) is 1. The van der Waals surface area contributed by atoms with Crippen molar-refractivity contribution in [3.8, 4) is 44.5 Å². The molecule has 0 saturated heterocycles. The molecular weight excluding hydrogens is 655 g/mol. The molecule has 0 amide bonds. The summed E-state index contributed by atoms with van der Waals surface area (Å²) in [6, 6.07) is 76.0. The summed E-state index contributed by atoms with van der Waals surface area (Å²) in [5.74, 6) is 0. The molecule has 0 spiro atoms. The van der Waals surface area contributed by atoms with E-state index in [1.807, 2.05) is 12.1 Å². The third kappa shape index (κ3) is 5.71. The summed E-state index contributed by atoms with van der Waals surface area (Å²) in [7, 11) is 0. The molecule has 0 radical (unpaired) electrons. The van der Waals surface area contributed by atoms with E-state index < -0.39 is 0 Å².